The van der Waals surface area contributed by atoms with E-state index in [4.69, 9.17) is 44.3 Å². The highest BCUT2D eigenvalue weighted by Crippen LogP contribution is 2.38. The Balaban J connectivity index is 3.37. The van der Waals surface area contributed by atoms with Gasteiger partial charge in [-0.25, -0.2) is 9.59 Å². The van der Waals surface area contributed by atoms with Gasteiger partial charge >= 0.3 is 11.9 Å². The first kappa shape index (κ1) is 23.8. The summed E-state index contributed by atoms with van der Waals surface area (Å²) in [5.41, 5.74) is 0.499. The number of alkyl halides is 3. The van der Waals surface area contributed by atoms with Crippen molar-refractivity contribution in [3.63, 3.8) is 0 Å². The van der Waals surface area contributed by atoms with Crippen LogP contribution in [0, 0.1) is 6.92 Å². The van der Waals surface area contributed by atoms with Crippen molar-refractivity contribution in [2.24, 2.45) is 0 Å². The number of ether oxygens (including phenoxy) is 2. The smallest absolute Gasteiger partial charge is 0.348 e. The van der Waals surface area contributed by atoms with Crippen LogP contribution in [0.3, 0.4) is 0 Å². The van der Waals surface area contributed by atoms with Gasteiger partial charge in [0.2, 0.25) is 9.70 Å². The van der Waals surface area contributed by atoms with Crippen LogP contribution in [0.1, 0.15) is 52.8 Å². The van der Waals surface area contributed by atoms with E-state index in [1.807, 2.05) is 0 Å². The SMILES string of the molecule is CCOC(=O)c1sc(N[C@H](NC(=O)CC)C(Cl)(Cl)Cl)c(C(=O)OCC)c1C. The predicted octanol–water partition coefficient (Wildman–Crippen LogP) is 4.04. The van der Waals surface area contributed by atoms with E-state index in [2.05, 4.69) is 10.6 Å². The zero-order chi connectivity index (χ0) is 20.8. The van der Waals surface area contributed by atoms with Gasteiger partial charge in [-0.1, -0.05) is 41.7 Å². The molecule has 0 saturated carbocycles. The summed E-state index contributed by atoms with van der Waals surface area (Å²) in [5, 5.41) is 5.59. The van der Waals surface area contributed by atoms with Gasteiger partial charge < -0.3 is 20.1 Å². The van der Waals surface area contributed by atoms with Crippen LogP contribution in [0.4, 0.5) is 5.00 Å². The van der Waals surface area contributed by atoms with E-state index >= 15 is 0 Å². The number of hydrogen-bond acceptors (Lipinski definition) is 7. The summed E-state index contributed by atoms with van der Waals surface area (Å²) < 4.78 is 8.16. The summed E-state index contributed by atoms with van der Waals surface area (Å²) in [6.07, 6.45) is -0.975. The zero-order valence-corrected chi connectivity index (χ0v) is 18.4. The van der Waals surface area contributed by atoms with Crippen molar-refractivity contribution in [1.29, 1.82) is 0 Å². The molecule has 7 nitrogen and oxygen atoms in total. The lowest BCUT2D eigenvalue weighted by atomic mass is 10.1. The van der Waals surface area contributed by atoms with Gasteiger partial charge in [0.15, 0.2) is 0 Å². The van der Waals surface area contributed by atoms with Crippen molar-refractivity contribution in [2.75, 3.05) is 18.5 Å². The van der Waals surface area contributed by atoms with Crippen LogP contribution in [0.5, 0.6) is 0 Å². The summed E-state index contributed by atoms with van der Waals surface area (Å²) in [6, 6.07) is 0. The fourth-order valence-electron chi connectivity index (χ4n) is 2.05. The van der Waals surface area contributed by atoms with Gasteiger partial charge in [0.25, 0.3) is 0 Å². The molecule has 152 valence electrons. The molecule has 1 atom stereocenters. The van der Waals surface area contributed by atoms with Crippen molar-refractivity contribution < 1.29 is 23.9 Å². The van der Waals surface area contributed by atoms with E-state index < -0.39 is 21.9 Å². The Bertz CT molecular complexity index is 703. The number of nitrogens with one attached hydrogen (secondary N) is 2. The van der Waals surface area contributed by atoms with Crippen LogP contribution in [-0.4, -0.2) is 41.0 Å². The molecule has 1 amide bonds. The summed E-state index contributed by atoms with van der Waals surface area (Å²) in [5.74, 6) is -1.59. The van der Waals surface area contributed by atoms with Gasteiger partial charge in [0, 0.05) is 6.42 Å². The third-order valence-electron chi connectivity index (χ3n) is 3.32. The number of amides is 1. The fraction of sp³-hybridized carbons (Fsp3) is 0.562. The summed E-state index contributed by atoms with van der Waals surface area (Å²) in [7, 11) is 0. The molecular weight excluding hydrogens is 439 g/mol. The van der Waals surface area contributed by atoms with Gasteiger partial charge in [-0.2, -0.15) is 0 Å². The first-order valence-corrected chi connectivity index (χ1v) is 10.1. The quantitative estimate of drug-likeness (QED) is 0.346. The molecule has 11 heteroatoms. The van der Waals surface area contributed by atoms with Crippen molar-refractivity contribution in [2.45, 2.75) is 44.1 Å². The third-order valence-corrected chi connectivity index (χ3v) is 5.17. The number of esters is 2. The Morgan fingerprint density at radius 1 is 1.07 bits per heavy atom. The predicted molar refractivity (Wildman–Crippen MR) is 107 cm³/mol. The van der Waals surface area contributed by atoms with E-state index in [-0.39, 0.29) is 41.0 Å². The van der Waals surface area contributed by atoms with Crippen LogP contribution >= 0.6 is 46.1 Å². The summed E-state index contributed by atoms with van der Waals surface area (Å²) >= 11 is 18.8. The lowest BCUT2D eigenvalue weighted by Gasteiger charge is -2.27. The molecule has 1 rings (SSSR count). The minimum absolute atomic E-state index is 0.120. The molecule has 2 N–H and O–H groups in total. The standard InChI is InChI=1S/C16H21Cl3N2O5S/c1-5-9(22)20-15(16(17,18)19)21-12-10(13(23)25-6-2)8(4)11(27-12)14(24)26-7-3/h15,21H,5-7H2,1-4H3,(H,20,22)/t15-/m0/s1. The molecule has 0 fully saturated rings. The van der Waals surface area contributed by atoms with E-state index in [1.165, 1.54) is 0 Å². The second-order valence-corrected chi connectivity index (χ2v) is 8.63. The van der Waals surface area contributed by atoms with Gasteiger partial charge in [0.1, 0.15) is 16.0 Å². The van der Waals surface area contributed by atoms with Gasteiger partial charge in [-0.3, -0.25) is 4.79 Å². The number of hydrogen-bond donors (Lipinski definition) is 2. The average molecular weight is 460 g/mol. The van der Waals surface area contributed by atoms with Gasteiger partial charge in [-0.05, 0) is 26.3 Å². The molecule has 0 unspecified atom stereocenters. The third kappa shape index (κ3) is 6.41. The maximum Gasteiger partial charge on any atom is 0.348 e. The Morgan fingerprint density at radius 3 is 2.11 bits per heavy atom. The van der Waals surface area contributed by atoms with Crippen LogP contribution < -0.4 is 10.6 Å². The van der Waals surface area contributed by atoms with Crippen molar-refractivity contribution in [3.05, 3.63) is 16.0 Å². The number of carbonyl (C=O) groups excluding carboxylic acids is 3. The maximum absolute atomic E-state index is 12.4. The first-order valence-electron chi connectivity index (χ1n) is 8.16. The summed E-state index contributed by atoms with van der Waals surface area (Å²) in [4.78, 5) is 36.5. The second kappa shape index (κ2) is 10.4. The molecule has 1 aromatic heterocycles. The maximum atomic E-state index is 12.4. The normalized spacial score (nSPS) is 12.3. The molecule has 0 aromatic carbocycles. The number of anilines is 1. The molecule has 0 saturated heterocycles. The van der Waals surface area contributed by atoms with E-state index in [0.717, 1.165) is 11.3 Å². The van der Waals surface area contributed by atoms with Crippen molar-refractivity contribution >= 4 is 69.0 Å². The van der Waals surface area contributed by atoms with Crippen LogP contribution in [0.25, 0.3) is 0 Å². The Morgan fingerprint density at radius 2 is 1.63 bits per heavy atom. The Kier molecular flexibility index (Phi) is 9.14. The first-order chi connectivity index (χ1) is 12.6. The topological polar surface area (TPSA) is 93.7 Å². The Labute approximate surface area is 176 Å². The largest absolute Gasteiger partial charge is 0.462 e. The van der Waals surface area contributed by atoms with Crippen LogP contribution in [0.15, 0.2) is 0 Å². The van der Waals surface area contributed by atoms with Crippen LogP contribution in [-0.2, 0) is 14.3 Å². The zero-order valence-electron chi connectivity index (χ0n) is 15.3. The minimum Gasteiger partial charge on any atom is -0.462 e. The van der Waals surface area contributed by atoms with Crippen molar-refractivity contribution in [1.82, 2.24) is 5.32 Å². The molecule has 0 radical (unpaired) electrons. The van der Waals surface area contributed by atoms with E-state index in [1.54, 1.807) is 27.7 Å². The van der Waals surface area contributed by atoms with E-state index in [0.29, 0.717) is 5.56 Å². The van der Waals surface area contributed by atoms with Gasteiger partial charge in [-0.15, -0.1) is 11.3 Å². The second-order valence-electron chi connectivity index (χ2n) is 5.24. The average Bonchev–Trinajstić information content (AvgIpc) is 2.90. The fourth-order valence-corrected chi connectivity index (χ4v) is 3.49. The molecule has 0 bridgehead atoms. The molecular formula is C16H21Cl3N2O5S. The minimum atomic E-state index is -1.92. The Hall–Kier alpha value is -1.22. The highest BCUT2D eigenvalue weighted by atomic mass is 35.6. The molecule has 0 aliphatic carbocycles. The molecule has 1 aromatic rings. The lowest BCUT2D eigenvalue weighted by molar-refractivity contribution is -0.121. The molecule has 27 heavy (non-hydrogen) atoms. The lowest BCUT2D eigenvalue weighted by Crippen LogP contribution is -2.49. The van der Waals surface area contributed by atoms with E-state index in [9.17, 15) is 14.4 Å². The molecule has 1 heterocycles. The van der Waals surface area contributed by atoms with Crippen LogP contribution in [0.2, 0.25) is 0 Å². The number of carbonyl (C=O) groups is 3. The molecule has 0 aliphatic rings. The number of halogens is 3. The monoisotopic (exact) mass is 458 g/mol. The molecule has 0 aliphatic heterocycles. The van der Waals surface area contributed by atoms with Crippen molar-refractivity contribution in [3.8, 4) is 0 Å². The highest BCUT2D eigenvalue weighted by molar-refractivity contribution is 7.18. The van der Waals surface area contributed by atoms with Gasteiger partial charge in [0.05, 0.1) is 18.8 Å². The summed E-state index contributed by atoms with van der Waals surface area (Å²) in [6.45, 7) is 6.88. The number of rotatable bonds is 8. The molecule has 0 spiro atoms. The number of thiophene rings is 1. The highest BCUT2D eigenvalue weighted by Gasteiger charge is 2.36.